The average molecular weight is 342 g/mol. The number of nitrogens with one attached hydrogen (secondary N) is 1. The number of methoxy groups -OCH3 is 2. The zero-order valence-corrected chi connectivity index (χ0v) is 14.2. The lowest BCUT2D eigenvalue weighted by Gasteiger charge is -2.09. The minimum atomic E-state index is -0.346. The molecule has 130 valence electrons. The third-order valence-corrected chi connectivity index (χ3v) is 3.76. The molecule has 0 unspecified atom stereocenters. The Bertz CT molecular complexity index is 832. The topological polar surface area (TPSA) is 78.4 Å². The number of ether oxygens (including phenoxy) is 4. The molecule has 3 rings (SSSR count). The van der Waals surface area contributed by atoms with Crippen molar-refractivity contribution in [3.8, 4) is 23.0 Å². The Morgan fingerprint density at radius 2 is 1.72 bits per heavy atom. The Balaban J connectivity index is 1.73. The zero-order chi connectivity index (χ0) is 17.8. The Labute approximate surface area is 145 Å². The van der Waals surface area contributed by atoms with Crippen LogP contribution in [0.4, 0.5) is 0 Å². The molecule has 0 aromatic heterocycles. The summed E-state index contributed by atoms with van der Waals surface area (Å²) < 4.78 is 21.0. The predicted molar refractivity (Wildman–Crippen MR) is 91.8 cm³/mol. The predicted octanol–water partition coefficient (Wildman–Crippen LogP) is 2.59. The molecule has 2 aromatic carbocycles. The third kappa shape index (κ3) is 3.50. The fourth-order valence-corrected chi connectivity index (χ4v) is 2.36. The van der Waals surface area contributed by atoms with E-state index < -0.39 is 0 Å². The molecule has 0 radical (unpaired) electrons. The summed E-state index contributed by atoms with van der Waals surface area (Å²) in [6.07, 6.45) is 0. The van der Waals surface area contributed by atoms with Gasteiger partial charge in [0.25, 0.3) is 5.91 Å². The van der Waals surface area contributed by atoms with Gasteiger partial charge in [0.1, 0.15) is 0 Å². The van der Waals surface area contributed by atoms with E-state index in [-0.39, 0.29) is 12.7 Å². The smallest absolute Gasteiger partial charge is 0.271 e. The number of benzene rings is 2. The van der Waals surface area contributed by atoms with Gasteiger partial charge in [0.05, 0.1) is 19.9 Å². The highest BCUT2D eigenvalue weighted by Crippen LogP contribution is 2.32. The lowest BCUT2D eigenvalue weighted by molar-refractivity contribution is 0.0954. The highest BCUT2D eigenvalue weighted by molar-refractivity contribution is 6.01. The van der Waals surface area contributed by atoms with Crippen LogP contribution in [0, 0.1) is 0 Å². The molecule has 7 heteroatoms. The molecule has 0 saturated carbocycles. The van der Waals surface area contributed by atoms with Gasteiger partial charge in [-0.25, -0.2) is 5.43 Å². The highest BCUT2D eigenvalue weighted by Gasteiger charge is 2.14. The zero-order valence-electron chi connectivity index (χ0n) is 14.2. The minimum Gasteiger partial charge on any atom is -0.493 e. The Hall–Kier alpha value is -3.22. The van der Waals surface area contributed by atoms with Gasteiger partial charge in [-0.05, 0) is 43.3 Å². The van der Waals surface area contributed by atoms with E-state index in [9.17, 15) is 4.79 Å². The molecular weight excluding hydrogens is 324 g/mol. The van der Waals surface area contributed by atoms with Crippen molar-refractivity contribution in [2.75, 3.05) is 21.0 Å². The van der Waals surface area contributed by atoms with Crippen molar-refractivity contribution >= 4 is 11.6 Å². The van der Waals surface area contributed by atoms with Gasteiger partial charge >= 0.3 is 0 Å². The number of carbonyl (C=O) groups is 1. The first kappa shape index (κ1) is 16.6. The van der Waals surface area contributed by atoms with Crippen LogP contribution < -0.4 is 24.4 Å². The molecule has 25 heavy (non-hydrogen) atoms. The number of rotatable bonds is 5. The molecule has 1 aliphatic rings. The largest absolute Gasteiger partial charge is 0.493 e. The van der Waals surface area contributed by atoms with Crippen LogP contribution in [0.5, 0.6) is 23.0 Å². The molecule has 0 aliphatic carbocycles. The van der Waals surface area contributed by atoms with E-state index >= 15 is 0 Å². The van der Waals surface area contributed by atoms with Gasteiger partial charge in [0, 0.05) is 11.1 Å². The quantitative estimate of drug-likeness (QED) is 0.667. The van der Waals surface area contributed by atoms with Crippen molar-refractivity contribution in [3.05, 3.63) is 47.5 Å². The van der Waals surface area contributed by atoms with Gasteiger partial charge in [-0.1, -0.05) is 0 Å². The number of hydrazone groups is 1. The van der Waals surface area contributed by atoms with Crippen molar-refractivity contribution in [1.29, 1.82) is 0 Å². The summed E-state index contributed by atoms with van der Waals surface area (Å²) in [5.74, 6) is 2.05. The van der Waals surface area contributed by atoms with Crippen molar-refractivity contribution in [2.24, 2.45) is 5.10 Å². The second-order valence-corrected chi connectivity index (χ2v) is 5.28. The van der Waals surface area contributed by atoms with Crippen LogP contribution in [-0.2, 0) is 0 Å². The SMILES string of the molecule is COc1ccc(C(=O)N/N=C(\C)c2ccc3c(c2)OCO3)cc1OC. The Kier molecular flexibility index (Phi) is 4.74. The summed E-state index contributed by atoms with van der Waals surface area (Å²) >= 11 is 0. The number of carbonyl (C=O) groups excluding carboxylic acids is 1. The van der Waals surface area contributed by atoms with Crippen molar-refractivity contribution in [3.63, 3.8) is 0 Å². The summed E-state index contributed by atoms with van der Waals surface area (Å²) in [5.41, 5.74) is 4.43. The standard InChI is InChI=1S/C18H18N2O5/c1-11(12-4-7-15-17(8-12)25-10-24-15)19-20-18(21)13-5-6-14(22-2)16(9-13)23-3/h4-9H,10H2,1-3H3,(H,20,21)/b19-11+. The molecule has 1 heterocycles. The van der Waals surface area contributed by atoms with Crippen LogP contribution in [0.1, 0.15) is 22.8 Å². The molecular formula is C18H18N2O5. The maximum atomic E-state index is 12.3. The molecule has 0 atom stereocenters. The first-order chi connectivity index (χ1) is 12.1. The minimum absolute atomic E-state index is 0.213. The number of nitrogens with zero attached hydrogens (tertiary/aromatic N) is 1. The molecule has 1 aliphatic heterocycles. The van der Waals surface area contributed by atoms with E-state index in [4.69, 9.17) is 18.9 Å². The van der Waals surface area contributed by atoms with Crippen LogP contribution >= 0.6 is 0 Å². The molecule has 1 N–H and O–H groups in total. The normalized spacial score (nSPS) is 12.7. The summed E-state index contributed by atoms with van der Waals surface area (Å²) in [6.45, 7) is 2.01. The fourth-order valence-electron chi connectivity index (χ4n) is 2.36. The lowest BCUT2D eigenvalue weighted by Crippen LogP contribution is -2.19. The third-order valence-electron chi connectivity index (χ3n) is 3.76. The number of hydrogen-bond acceptors (Lipinski definition) is 6. The fraction of sp³-hybridized carbons (Fsp3) is 0.222. The van der Waals surface area contributed by atoms with Crippen molar-refractivity contribution in [2.45, 2.75) is 6.92 Å². The Morgan fingerprint density at radius 3 is 2.48 bits per heavy atom. The summed E-state index contributed by atoms with van der Waals surface area (Å²) in [5, 5.41) is 4.14. The molecule has 0 saturated heterocycles. The molecule has 7 nitrogen and oxygen atoms in total. The number of fused-ring (bicyclic) bond motifs is 1. The average Bonchev–Trinajstić information content (AvgIpc) is 3.12. The summed E-state index contributed by atoms with van der Waals surface area (Å²) in [4.78, 5) is 12.3. The van der Waals surface area contributed by atoms with E-state index in [1.165, 1.54) is 14.2 Å². The maximum Gasteiger partial charge on any atom is 0.271 e. The van der Waals surface area contributed by atoms with E-state index in [2.05, 4.69) is 10.5 Å². The second-order valence-electron chi connectivity index (χ2n) is 5.28. The second kappa shape index (κ2) is 7.12. The van der Waals surface area contributed by atoms with Crippen molar-refractivity contribution in [1.82, 2.24) is 5.43 Å². The van der Waals surface area contributed by atoms with Crippen LogP contribution in [0.2, 0.25) is 0 Å². The van der Waals surface area contributed by atoms with Crippen LogP contribution in [0.15, 0.2) is 41.5 Å². The molecule has 0 bridgehead atoms. The Morgan fingerprint density at radius 1 is 1.00 bits per heavy atom. The van der Waals surface area contributed by atoms with Gasteiger partial charge in [-0.3, -0.25) is 4.79 Å². The molecule has 1 amide bonds. The number of hydrogen-bond donors (Lipinski definition) is 1. The molecule has 2 aromatic rings. The summed E-state index contributed by atoms with van der Waals surface area (Å²) in [6, 6.07) is 10.4. The van der Waals surface area contributed by atoms with Gasteiger partial charge < -0.3 is 18.9 Å². The van der Waals surface area contributed by atoms with Crippen molar-refractivity contribution < 1.29 is 23.7 Å². The lowest BCUT2D eigenvalue weighted by atomic mass is 10.1. The van der Waals surface area contributed by atoms with Gasteiger partial charge in [-0.2, -0.15) is 5.10 Å². The monoisotopic (exact) mass is 342 g/mol. The van der Waals surface area contributed by atoms with E-state index in [1.807, 2.05) is 18.2 Å². The number of amides is 1. The van der Waals surface area contributed by atoms with Gasteiger partial charge in [-0.15, -0.1) is 0 Å². The van der Waals surface area contributed by atoms with Crippen LogP contribution in [-0.4, -0.2) is 32.6 Å². The van der Waals surface area contributed by atoms with Crippen LogP contribution in [0.25, 0.3) is 0 Å². The van der Waals surface area contributed by atoms with Gasteiger partial charge in [0.2, 0.25) is 6.79 Å². The highest BCUT2D eigenvalue weighted by atomic mass is 16.7. The summed E-state index contributed by atoms with van der Waals surface area (Å²) in [7, 11) is 3.05. The molecule has 0 spiro atoms. The maximum absolute atomic E-state index is 12.3. The van der Waals surface area contributed by atoms with Gasteiger partial charge in [0.15, 0.2) is 23.0 Å². The molecule has 0 fully saturated rings. The van der Waals surface area contributed by atoms with E-state index in [0.717, 1.165) is 5.56 Å². The van der Waals surface area contributed by atoms with Crippen LogP contribution in [0.3, 0.4) is 0 Å². The van der Waals surface area contributed by atoms with E-state index in [0.29, 0.717) is 34.3 Å². The van der Waals surface area contributed by atoms with E-state index in [1.54, 1.807) is 25.1 Å². The first-order valence-corrected chi connectivity index (χ1v) is 7.59. The first-order valence-electron chi connectivity index (χ1n) is 7.59.